The largest absolute Gasteiger partial charge is 0.320 e. The Labute approximate surface area is 164 Å². The van der Waals surface area contributed by atoms with Gasteiger partial charge in [0.15, 0.2) is 0 Å². The van der Waals surface area contributed by atoms with Crippen molar-refractivity contribution in [3.05, 3.63) is 88.6 Å². The molecule has 0 radical (unpaired) electrons. The highest BCUT2D eigenvalue weighted by atomic mass is 79.9. The molecular weight excluding hydrogens is 435 g/mol. The van der Waals surface area contributed by atoms with Gasteiger partial charge in [-0.1, -0.05) is 46.3 Å². The van der Waals surface area contributed by atoms with Crippen molar-refractivity contribution < 1.29 is 17.6 Å². The summed E-state index contributed by atoms with van der Waals surface area (Å²) < 4.78 is 41.9. The summed E-state index contributed by atoms with van der Waals surface area (Å²) in [5, 5.41) is 2.54. The molecule has 0 bridgehead atoms. The lowest BCUT2D eigenvalue weighted by Gasteiger charge is -2.14. The summed E-state index contributed by atoms with van der Waals surface area (Å²) in [6, 6.07) is 18.1. The molecule has 3 aromatic carbocycles. The molecule has 0 saturated carbocycles. The van der Waals surface area contributed by atoms with Crippen LogP contribution in [0, 0.1) is 5.82 Å². The third kappa shape index (κ3) is 4.53. The van der Waals surface area contributed by atoms with Gasteiger partial charge in [-0.15, -0.1) is 0 Å². The monoisotopic (exact) mass is 448 g/mol. The molecule has 0 saturated heterocycles. The standard InChI is InChI=1S/C19H14BrFN2O3S/c20-13-10-11-16(21)15(12-13)19(24)22-17-8-4-5-9-18(17)23-27(25,26)14-6-2-1-3-7-14/h1-12,23H,(H,22,24). The Kier molecular flexibility index (Phi) is 5.57. The third-order valence-electron chi connectivity index (χ3n) is 3.65. The SMILES string of the molecule is O=C(Nc1ccccc1NS(=O)(=O)c1ccccc1)c1cc(Br)ccc1F. The predicted molar refractivity (Wildman–Crippen MR) is 106 cm³/mol. The molecule has 5 nitrogen and oxygen atoms in total. The summed E-state index contributed by atoms with van der Waals surface area (Å²) in [4.78, 5) is 12.5. The third-order valence-corrected chi connectivity index (χ3v) is 5.52. The molecule has 0 aliphatic heterocycles. The van der Waals surface area contributed by atoms with E-state index in [4.69, 9.17) is 0 Å². The van der Waals surface area contributed by atoms with Crippen LogP contribution < -0.4 is 10.0 Å². The number of anilines is 2. The minimum absolute atomic E-state index is 0.0872. The van der Waals surface area contributed by atoms with Crippen LogP contribution in [0.25, 0.3) is 0 Å². The number of para-hydroxylation sites is 2. The molecule has 27 heavy (non-hydrogen) atoms. The molecule has 0 fully saturated rings. The highest BCUT2D eigenvalue weighted by Crippen LogP contribution is 2.25. The summed E-state index contributed by atoms with van der Waals surface area (Å²) in [7, 11) is -3.83. The maximum absolute atomic E-state index is 13.9. The fourth-order valence-electron chi connectivity index (χ4n) is 2.35. The van der Waals surface area contributed by atoms with Crippen LogP contribution >= 0.6 is 15.9 Å². The van der Waals surface area contributed by atoms with Gasteiger partial charge in [0.05, 0.1) is 21.8 Å². The highest BCUT2D eigenvalue weighted by Gasteiger charge is 2.18. The van der Waals surface area contributed by atoms with Crippen molar-refractivity contribution in [1.29, 1.82) is 0 Å². The number of amides is 1. The molecule has 1 amide bonds. The summed E-state index contributed by atoms with van der Waals surface area (Å²) in [5.41, 5.74) is 0.219. The quantitative estimate of drug-likeness (QED) is 0.596. The zero-order valence-electron chi connectivity index (χ0n) is 13.8. The van der Waals surface area contributed by atoms with Crippen LogP contribution in [0.5, 0.6) is 0 Å². The van der Waals surface area contributed by atoms with E-state index in [1.165, 1.54) is 42.5 Å². The first-order valence-electron chi connectivity index (χ1n) is 7.80. The van der Waals surface area contributed by atoms with E-state index in [0.717, 1.165) is 0 Å². The van der Waals surface area contributed by atoms with Crippen LogP contribution in [0.15, 0.2) is 82.2 Å². The van der Waals surface area contributed by atoms with Gasteiger partial charge in [-0.2, -0.15) is 0 Å². The van der Waals surface area contributed by atoms with E-state index >= 15 is 0 Å². The molecule has 0 aliphatic carbocycles. The molecular formula is C19H14BrFN2O3S. The second kappa shape index (κ2) is 7.89. The summed E-state index contributed by atoms with van der Waals surface area (Å²) in [5.74, 6) is -1.38. The number of carbonyl (C=O) groups is 1. The fourth-order valence-corrected chi connectivity index (χ4v) is 3.81. The van der Waals surface area contributed by atoms with Gasteiger partial charge in [-0.05, 0) is 42.5 Å². The van der Waals surface area contributed by atoms with E-state index < -0.39 is 21.7 Å². The molecule has 0 aliphatic rings. The van der Waals surface area contributed by atoms with Gasteiger partial charge in [0.2, 0.25) is 0 Å². The zero-order valence-corrected chi connectivity index (χ0v) is 16.2. The number of nitrogens with one attached hydrogen (secondary N) is 2. The Balaban J connectivity index is 1.88. The van der Waals surface area contributed by atoms with Gasteiger partial charge in [0, 0.05) is 4.47 Å². The molecule has 2 N–H and O–H groups in total. The van der Waals surface area contributed by atoms with Gasteiger partial charge < -0.3 is 5.32 Å². The van der Waals surface area contributed by atoms with Crippen molar-refractivity contribution >= 4 is 43.2 Å². The summed E-state index contributed by atoms with van der Waals surface area (Å²) >= 11 is 3.19. The average Bonchev–Trinajstić information content (AvgIpc) is 2.66. The Morgan fingerprint density at radius 2 is 1.52 bits per heavy atom. The Hall–Kier alpha value is -2.71. The molecule has 8 heteroatoms. The molecule has 0 aromatic heterocycles. The van der Waals surface area contributed by atoms with Crippen LogP contribution in [0.4, 0.5) is 15.8 Å². The van der Waals surface area contributed by atoms with Gasteiger partial charge >= 0.3 is 0 Å². The van der Waals surface area contributed by atoms with E-state index in [-0.39, 0.29) is 21.8 Å². The second-order valence-corrected chi connectivity index (χ2v) is 8.14. The topological polar surface area (TPSA) is 75.3 Å². The van der Waals surface area contributed by atoms with Crippen molar-refractivity contribution in [2.24, 2.45) is 0 Å². The maximum Gasteiger partial charge on any atom is 0.261 e. The van der Waals surface area contributed by atoms with Gasteiger partial charge in [-0.3, -0.25) is 9.52 Å². The summed E-state index contributed by atoms with van der Waals surface area (Å²) in [6.07, 6.45) is 0. The Morgan fingerprint density at radius 1 is 0.889 bits per heavy atom. The summed E-state index contributed by atoms with van der Waals surface area (Å²) in [6.45, 7) is 0. The highest BCUT2D eigenvalue weighted by molar-refractivity contribution is 9.10. The minimum atomic E-state index is -3.83. The number of benzene rings is 3. The van der Waals surface area contributed by atoms with Crippen LogP contribution in [0.3, 0.4) is 0 Å². The molecule has 3 rings (SSSR count). The smallest absolute Gasteiger partial charge is 0.261 e. The Bertz CT molecular complexity index is 1090. The lowest BCUT2D eigenvalue weighted by atomic mass is 10.2. The van der Waals surface area contributed by atoms with Gasteiger partial charge in [0.1, 0.15) is 5.82 Å². The lowest BCUT2D eigenvalue weighted by molar-refractivity contribution is 0.102. The van der Waals surface area contributed by atoms with E-state index in [0.29, 0.717) is 4.47 Å². The number of hydrogen-bond donors (Lipinski definition) is 2. The van der Waals surface area contributed by atoms with Gasteiger partial charge in [-0.25, -0.2) is 12.8 Å². The first kappa shape index (κ1) is 19.1. The van der Waals surface area contributed by atoms with Crippen LogP contribution in [-0.4, -0.2) is 14.3 Å². The molecule has 0 spiro atoms. The van der Waals surface area contributed by atoms with Crippen molar-refractivity contribution in [3.8, 4) is 0 Å². The number of carbonyl (C=O) groups excluding carboxylic acids is 1. The second-order valence-electron chi connectivity index (χ2n) is 5.54. The van der Waals surface area contributed by atoms with E-state index in [2.05, 4.69) is 26.0 Å². The maximum atomic E-state index is 13.9. The molecule has 3 aromatic rings. The lowest BCUT2D eigenvalue weighted by Crippen LogP contribution is -2.18. The number of hydrogen-bond acceptors (Lipinski definition) is 3. The average molecular weight is 449 g/mol. The zero-order chi connectivity index (χ0) is 19.4. The van der Waals surface area contributed by atoms with Crippen LogP contribution in [0.2, 0.25) is 0 Å². The van der Waals surface area contributed by atoms with Crippen LogP contribution in [0.1, 0.15) is 10.4 Å². The number of halogens is 2. The number of rotatable bonds is 5. The van der Waals surface area contributed by atoms with E-state index in [1.54, 1.807) is 30.3 Å². The number of sulfonamides is 1. The van der Waals surface area contributed by atoms with E-state index in [1.807, 2.05) is 0 Å². The normalized spacial score (nSPS) is 11.0. The van der Waals surface area contributed by atoms with Crippen molar-refractivity contribution in [2.75, 3.05) is 10.0 Å². The van der Waals surface area contributed by atoms with Crippen molar-refractivity contribution in [2.45, 2.75) is 4.90 Å². The molecule has 0 unspecified atom stereocenters. The van der Waals surface area contributed by atoms with Crippen LogP contribution in [-0.2, 0) is 10.0 Å². The van der Waals surface area contributed by atoms with Crippen molar-refractivity contribution in [3.63, 3.8) is 0 Å². The van der Waals surface area contributed by atoms with Gasteiger partial charge in [0.25, 0.3) is 15.9 Å². The predicted octanol–water partition coefficient (Wildman–Crippen LogP) is 4.64. The minimum Gasteiger partial charge on any atom is -0.320 e. The Morgan fingerprint density at radius 3 is 2.22 bits per heavy atom. The molecule has 0 heterocycles. The van der Waals surface area contributed by atoms with E-state index in [9.17, 15) is 17.6 Å². The van der Waals surface area contributed by atoms with Crippen molar-refractivity contribution in [1.82, 2.24) is 0 Å². The first-order valence-corrected chi connectivity index (χ1v) is 10.1. The first-order chi connectivity index (χ1) is 12.9. The molecule has 138 valence electrons. The molecule has 0 atom stereocenters. The fraction of sp³-hybridized carbons (Fsp3) is 0.